The summed E-state index contributed by atoms with van der Waals surface area (Å²) in [4.78, 5) is 19.1. The van der Waals surface area contributed by atoms with Crippen molar-refractivity contribution in [2.75, 3.05) is 32.0 Å². The van der Waals surface area contributed by atoms with Gasteiger partial charge in [-0.2, -0.15) is 4.31 Å². The van der Waals surface area contributed by atoms with Crippen molar-refractivity contribution in [3.05, 3.63) is 90.0 Å². The van der Waals surface area contributed by atoms with E-state index in [0.717, 1.165) is 24.0 Å². The van der Waals surface area contributed by atoms with Crippen LogP contribution in [0.2, 0.25) is 0 Å². The first kappa shape index (κ1) is 24.0. The number of hydrogen-bond donors (Lipinski definition) is 1. The van der Waals surface area contributed by atoms with Gasteiger partial charge in [-0.3, -0.25) is 14.7 Å². The Bertz CT molecular complexity index is 1230. The Balaban J connectivity index is 1.50. The molecule has 1 aliphatic heterocycles. The lowest BCUT2D eigenvalue weighted by atomic mass is 9.99. The van der Waals surface area contributed by atoms with E-state index in [1.54, 1.807) is 49.8 Å². The lowest BCUT2D eigenvalue weighted by Crippen LogP contribution is -2.34. The molecule has 1 N–H and O–H groups in total. The van der Waals surface area contributed by atoms with Gasteiger partial charge in [0.15, 0.2) is 0 Å². The smallest absolute Gasteiger partial charge is 0.243 e. The summed E-state index contributed by atoms with van der Waals surface area (Å²) in [7, 11) is -1.77. The Morgan fingerprint density at radius 2 is 1.82 bits per heavy atom. The maximum Gasteiger partial charge on any atom is 0.243 e. The molecule has 1 aliphatic rings. The number of sulfonamides is 1. The van der Waals surface area contributed by atoms with Crippen molar-refractivity contribution in [3.63, 3.8) is 0 Å². The summed E-state index contributed by atoms with van der Waals surface area (Å²) in [5.74, 6) is -0.632. The molecule has 7 nitrogen and oxygen atoms in total. The summed E-state index contributed by atoms with van der Waals surface area (Å²) in [6, 6.07) is 15.9. The van der Waals surface area contributed by atoms with E-state index in [4.69, 9.17) is 0 Å². The molecule has 1 atom stereocenters. The average Bonchev–Trinajstić information content (AvgIpc) is 3.37. The summed E-state index contributed by atoms with van der Waals surface area (Å²) < 4.78 is 40.7. The highest BCUT2D eigenvalue weighted by atomic mass is 32.2. The minimum atomic E-state index is -3.58. The van der Waals surface area contributed by atoms with Gasteiger partial charge in [0.2, 0.25) is 15.9 Å². The lowest BCUT2D eigenvalue weighted by molar-refractivity contribution is -0.117. The normalized spacial score (nSPS) is 15.4. The van der Waals surface area contributed by atoms with E-state index in [1.807, 2.05) is 17.0 Å². The Morgan fingerprint density at radius 1 is 1.09 bits per heavy atom. The minimum Gasteiger partial charge on any atom is -0.325 e. The zero-order chi connectivity index (χ0) is 24.1. The lowest BCUT2D eigenvalue weighted by Gasteiger charge is -2.28. The highest BCUT2D eigenvalue weighted by Gasteiger charge is 2.27. The molecule has 3 aromatic rings. The molecule has 0 radical (unpaired) electrons. The molecular weight excluding hydrogens is 455 g/mol. The quantitative estimate of drug-likeness (QED) is 0.530. The van der Waals surface area contributed by atoms with Crippen LogP contribution in [0.25, 0.3) is 0 Å². The van der Waals surface area contributed by atoms with E-state index in [1.165, 1.54) is 22.5 Å². The number of anilines is 1. The first-order valence-electron chi connectivity index (χ1n) is 11.1. The number of carbonyl (C=O) groups excluding carboxylic acids is 1. The van der Waals surface area contributed by atoms with Gasteiger partial charge in [-0.1, -0.05) is 24.3 Å². The highest BCUT2D eigenvalue weighted by molar-refractivity contribution is 7.89. The predicted octanol–water partition coefficient (Wildman–Crippen LogP) is 3.67. The predicted molar refractivity (Wildman–Crippen MR) is 128 cm³/mol. The first-order chi connectivity index (χ1) is 16.3. The zero-order valence-electron chi connectivity index (χ0n) is 18.9. The van der Waals surface area contributed by atoms with Crippen LogP contribution in [-0.4, -0.2) is 55.2 Å². The second-order valence-corrected chi connectivity index (χ2v) is 10.3. The van der Waals surface area contributed by atoms with Crippen LogP contribution in [0.4, 0.5) is 10.1 Å². The fourth-order valence-corrected chi connectivity index (χ4v) is 5.78. The number of nitrogens with one attached hydrogen (secondary N) is 1. The van der Waals surface area contributed by atoms with Gasteiger partial charge in [-0.25, -0.2) is 12.8 Å². The molecule has 1 saturated heterocycles. The molecule has 2 heterocycles. The number of amides is 1. The molecule has 9 heteroatoms. The molecule has 0 bridgehead atoms. The van der Waals surface area contributed by atoms with E-state index in [9.17, 15) is 17.6 Å². The molecule has 2 aromatic carbocycles. The van der Waals surface area contributed by atoms with Gasteiger partial charge >= 0.3 is 0 Å². The van der Waals surface area contributed by atoms with Crippen LogP contribution in [0.5, 0.6) is 0 Å². The van der Waals surface area contributed by atoms with Crippen LogP contribution >= 0.6 is 0 Å². The van der Waals surface area contributed by atoms with Crippen molar-refractivity contribution in [1.29, 1.82) is 0 Å². The Kier molecular flexibility index (Phi) is 7.35. The monoisotopic (exact) mass is 482 g/mol. The fraction of sp³-hybridized carbons (Fsp3) is 0.280. The van der Waals surface area contributed by atoms with Crippen LogP contribution in [0.15, 0.2) is 78.0 Å². The van der Waals surface area contributed by atoms with Crippen molar-refractivity contribution >= 4 is 21.6 Å². The molecule has 1 aromatic heterocycles. The van der Waals surface area contributed by atoms with Crippen molar-refractivity contribution in [1.82, 2.24) is 14.2 Å². The molecule has 178 valence electrons. The summed E-state index contributed by atoms with van der Waals surface area (Å²) in [5.41, 5.74) is 2.10. The summed E-state index contributed by atoms with van der Waals surface area (Å²) in [6.45, 7) is 1.06. The van der Waals surface area contributed by atoms with E-state index in [0.29, 0.717) is 18.8 Å². The summed E-state index contributed by atoms with van der Waals surface area (Å²) in [6.07, 6.45) is 5.10. The number of rotatable bonds is 8. The fourth-order valence-electron chi connectivity index (χ4n) is 4.21. The topological polar surface area (TPSA) is 82.6 Å². The maximum atomic E-state index is 13.5. The number of nitrogens with zero attached hydrogens (tertiary/aromatic N) is 3. The molecule has 1 fully saturated rings. The van der Waals surface area contributed by atoms with Crippen molar-refractivity contribution in [2.45, 2.75) is 23.8 Å². The van der Waals surface area contributed by atoms with Gasteiger partial charge in [0, 0.05) is 31.2 Å². The molecule has 1 unspecified atom stereocenters. The second kappa shape index (κ2) is 10.4. The number of halogens is 1. The number of hydrogen-bond acceptors (Lipinski definition) is 5. The van der Waals surface area contributed by atoms with Crippen molar-refractivity contribution < 1.29 is 17.6 Å². The Hall–Kier alpha value is -3.14. The highest BCUT2D eigenvalue weighted by Crippen LogP contribution is 2.28. The summed E-state index contributed by atoms with van der Waals surface area (Å²) >= 11 is 0. The van der Waals surface area contributed by atoms with Crippen LogP contribution in [0.3, 0.4) is 0 Å². The average molecular weight is 483 g/mol. The molecular formula is C25H27FN4O3S. The SMILES string of the molecule is CN(CC(=O)Nc1cccc(S(=O)(=O)N2CCCC2)c1)C(c1ccc(F)cc1)c1cccnc1. The van der Waals surface area contributed by atoms with Gasteiger partial charge in [-0.15, -0.1) is 0 Å². The second-order valence-electron chi connectivity index (χ2n) is 8.34. The van der Waals surface area contributed by atoms with Crippen LogP contribution in [0.1, 0.15) is 30.0 Å². The number of likely N-dealkylation sites (N-methyl/N-ethyl adjacent to an activating group) is 1. The van der Waals surface area contributed by atoms with E-state index in [2.05, 4.69) is 10.3 Å². The third kappa shape index (κ3) is 5.49. The van der Waals surface area contributed by atoms with E-state index in [-0.39, 0.29) is 29.2 Å². The first-order valence-corrected chi connectivity index (χ1v) is 12.5. The number of benzene rings is 2. The zero-order valence-corrected chi connectivity index (χ0v) is 19.7. The molecule has 0 aliphatic carbocycles. The van der Waals surface area contributed by atoms with Gasteiger partial charge in [-0.05, 0) is 67.4 Å². The van der Waals surface area contributed by atoms with Gasteiger partial charge in [0.25, 0.3) is 0 Å². The number of aromatic nitrogens is 1. The van der Waals surface area contributed by atoms with Crippen molar-refractivity contribution in [2.24, 2.45) is 0 Å². The van der Waals surface area contributed by atoms with Gasteiger partial charge in [0.05, 0.1) is 17.5 Å². The Morgan fingerprint density at radius 3 is 2.50 bits per heavy atom. The van der Waals surface area contributed by atoms with Crippen LogP contribution in [-0.2, 0) is 14.8 Å². The van der Waals surface area contributed by atoms with Gasteiger partial charge < -0.3 is 5.32 Å². The maximum absolute atomic E-state index is 13.5. The van der Waals surface area contributed by atoms with Gasteiger partial charge in [0.1, 0.15) is 5.82 Å². The summed E-state index contributed by atoms with van der Waals surface area (Å²) in [5, 5.41) is 2.80. The third-order valence-corrected chi connectivity index (χ3v) is 7.73. The standard InChI is InChI=1S/C25H27FN4O3S/c1-29(25(20-6-5-13-27-17-20)19-9-11-21(26)12-10-19)18-24(31)28-22-7-4-8-23(16-22)34(32,33)30-14-2-3-15-30/h4-13,16-17,25H,2-3,14-15,18H2,1H3,(H,28,31). The van der Waals surface area contributed by atoms with E-state index < -0.39 is 10.0 Å². The molecule has 4 rings (SSSR count). The van der Waals surface area contributed by atoms with E-state index >= 15 is 0 Å². The molecule has 34 heavy (non-hydrogen) atoms. The Labute approximate surface area is 199 Å². The van der Waals surface area contributed by atoms with Crippen molar-refractivity contribution in [3.8, 4) is 0 Å². The van der Waals surface area contributed by atoms with Crippen LogP contribution in [0, 0.1) is 5.82 Å². The number of pyridine rings is 1. The molecule has 0 spiro atoms. The number of carbonyl (C=O) groups is 1. The molecule has 0 saturated carbocycles. The largest absolute Gasteiger partial charge is 0.325 e. The minimum absolute atomic E-state index is 0.0278. The molecule has 1 amide bonds. The van der Waals surface area contributed by atoms with Crippen LogP contribution < -0.4 is 5.32 Å². The third-order valence-electron chi connectivity index (χ3n) is 5.84.